The third kappa shape index (κ3) is 6.23. The van der Waals surface area contributed by atoms with E-state index in [1.54, 1.807) is 30.8 Å². The molecule has 0 spiro atoms. The minimum atomic E-state index is -3.56. The van der Waals surface area contributed by atoms with Gasteiger partial charge >= 0.3 is 0 Å². The molecule has 2 aromatic carbocycles. The predicted molar refractivity (Wildman–Crippen MR) is 121 cm³/mol. The van der Waals surface area contributed by atoms with E-state index in [9.17, 15) is 13.2 Å². The van der Waals surface area contributed by atoms with Crippen molar-refractivity contribution in [2.24, 2.45) is 0 Å². The molecular weight excluding hydrogens is 420 g/mol. The van der Waals surface area contributed by atoms with Gasteiger partial charge in [0.15, 0.2) is 6.61 Å². The Bertz CT molecular complexity index is 986. The molecule has 1 fully saturated rings. The molecule has 1 aliphatic rings. The highest BCUT2D eigenvalue weighted by atomic mass is 32.2. The largest absolute Gasteiger partial charge is 0.483 e. The Labute approximate surface area is 182 Å². The summed E-state index contributed by atoms with van der Waals surface area (Å²) in [4.78, 5) is 13.5. The maximum absolute atomic E-state index is 12.7. The van der Waals surface area contributed by atoms with E-state index in [4.69, 9.17) is 4.74 Å². The van der Waals surface area contributed by atoms with Crippen LogP contribution in [-0.2, 0) is 14.8 Å². The van der Waals surface area contributed by atoms with Crippen molar-refractivity contribution < 1.29 is 17.9 Å². The molecule has 162 valence electrons. The fraction of sp³-hybridized carbons (Fsp3) is 0.409. The highest BCUT2D eigenvalue weighted by Gasteiger charge is 2.22. The van der Waals surface area contributed by atoms with E-state index in [1.165, 1.54) is 12.5 Å². The first kappa shape index (κ1) is 22.7. The summed E-state index contributed by atoms with van der Waals surface area (Å²) in [5.41, 5.74) is 1.38. The number of benzene rings is 2. The average Bonchev–Trinajstić information content (AvgIpc) is 2.73. The molecule has 2 aromatic rings. The van der Waals surface area contributed by atoms with E-state index in [1.807, 2.05) is 30.5 Å². The molecule has 6 nitrogen and oxygen atoms in total. The van der Waals surface area contributed by atoms with Crippen LogP contribution in [0.15, 0.2) is 52.3 Å². The zero-order chi connectivity index (χ0) is 21.6. The fourth-order valence-electron chi connectivity index (χ4n) is 3.50. The summed E-state index contributed by atoms with van der Waals surface area (Å²) in [6.45, 7) is 1.62. The Hall–Kier alpha value is -2.03. The van der Waals surface area contributed by atoms with Crippen molar-refractivity contribution in [3.8, 4) is 5.75 Å². The Morgan fingerprint density at radius 3 is 2.60 bits per heavy atom. The number of hydrogen-bond acceptors (Lipinski definition) is 5. The van der Waals surface area contributed by atoms with Crippen LogP contribution in [-0.4, -0.2) is 33.2 Å². The first-order valence-corrected chi connectivity index (χ1v) is 12.8. The SMILES string of the molecule is CSc1cccc(NC(=O)COc2ccc(S(=O)(=O)NC3CCCCC3)cc2C)c1. The molecule has 0 atom stereocenters. The summed E-state index contributed by atoms with van der Waals surface area (Å²) in [5.74, 6) is 0.211. The Balaban J connectivity index is 1.58. The number of carbonyl (C=O) groups excluding carboxylic acids is 1. The molecular formula is C22H28N2O4S2. The Morgan fingerprint density at radius 1 is 1.13 bits per heavy atom. The number of rotatable bonds is 8. The number of aryl methyl sites for hydroxylation is 1. The number of anilines is 1. The van der Waals surface area contributed by atoms with Gasteiger partial charge in [0.2, 0.25) is 10.0 Å². The second-order valence-corrected chi connectivity index (χ2v) is 10.0. The molecule has 1 amide bonds. The number of carbonyl (C=O) groups is 1. The van der Waals surface area contributed by atoms with Gasteiger partial charge in [-0.15, -0.1) is 11.8 Å². The van der Waals surface area contributed by atoms with E-state index >= 15 is 0 Å². The van der Waals surface area contributed by atoms with Gasteiger partial charge < -0.3 is 10.1 Å². The lowest BCUT2D eigenvalue weighted by Gasteiger charge is -2.22. The lowest BCUT2D eigenvalue weighted by atomic mass is 9.96. The number of ether oxygens (including phenoxy) is 1. The second-order valence-electron chi connectivity index (χ2n) is 7.45. The van der Waals surface area contributed by atoms with Gasteiger partial charge in [-0.05, 0) is 68.0 Å². The number of thioether (sulfide) groups is 1. The maximum atomic E-state index is 12.7. The first-order valence-electron chi connectivity index (χ1n) is 10.1. The van der Waals surface area contributed by atoms with Gasteiger partial charge in [-0.2, -0.15) is 0 Å². The second kappa shape index (κ2) is 10.3. The molecule has 1 saturated carbocycles. The monoisotopic (exact) mass is 448 g/mol. The van der Waals surface area contributed by atoms with Crippen molar-refractivity contribution in [1.29, 1.82) is 0 Å². The summed E-state index contributed by atoms with van der Waals surface area (Å²) in [5, 5.41) is 2.80. The first-order chi connectivity index (χ1) is 14.4. The van der Waals surface area contributed by atoms with Crippen molar-refractivity contribution in [3.63, 3.8) is 0 Å². The van der Waals surface area contributed by atoms with E-state index in [-0.39, 0.29) is 23.5 Å². The van der Waals surface area contributed by atoms with Crippen LogP contribution in [0.1, 0.15) is 37.7 Å². The molecule has 0 aliphatic heterocycles. The molecule has 0 saturated heterocycles. The van der Waals surface area contributed by atoms with Gasteiger partial charge in [-0.3, -0.25) is 4.79 Å². The lowest BCUT2D eigenvalue weighted by molar-refractivity contribution is -0.118. The van der Waals surface area contributed by atoms with Crippen LogP contribution in [0.5, 0.6) is 5.75 Å². The van der Waals surface area contributed by atoms with Gasteiger partial charge in [0.05, 0.1) is 4.90 Å². The van der Waals surface area contributed by atoms with Crippen LogP contribution >= 0.6 is 11.8 Å². The quantitative estimate of drug-likeness (QED) is 0.587. The molecule has 30 heavy (non-hydrogen) atoms. The zero-order valence-electron chi connectivity index (χ0n) is 17.3. The molecule has 0 heterocycles. The van der Waals surface area contributed by atoms with Crippen LogP contribution in [0.4, 0.5) is 5.69 Å². The zero-order valence-corrected chi connectivity index (χ0v) is 18.9. The third-order valence-electron chi connectivity index (χ3n) is 5.10. The summed E-state index contributed by atoms with van der Waals surface area (Å²) in [6.07, 6.45) is 7.02. The van der Waals surface area contributed by atoms with Crippen molar-refractivity contribution >= 4 is 33.4 Å². The lowest BCUT2D eigenvalue weighted by Crippen LogP contribution is -2.36. The predicted octanol–water partition coefficient (Wildman–Crippen LogP) is 4.35. The number of hydrogen-bond donors (Lipinski definition) is 2. The fourth-order valence-corrected chi connectivity index (χ4v) is 5.35. The number of amides is 1. The summed E-state index contributed by atoms with van der Waals surface area (Å²) in [6, 6.07) is 12.3. The number of nitrogens with one attached hydrogen (secondary N) is 2. The summed E-state index contributed by atoms with van der Waals surface area (Å²) < 4.78 is 33.8. The van der Waals surface area contributed by atoms with Crippen molar-refractivity contribution in [3.05, 3.63) is 48.0 Å². The molecule has 0 bridgehead atoms. The Kier molecular flexibility index (Phi) is 7.80. The van der Waals surface area contributed by atoms with E-state index in [0.29, 0.717) is 17.0 Å². The minimum Gasteiger partial charge on any atom is -0.483 e. The van der Waals surface area contributed by atoms with Gasteiger partial charge in [-0.1, -0.05) is 25.3 Å². The van der Waals surface area contributed by atoms with Crippen LogP contribution in [0, 0.1) is 6.92 Å². The van der Waals surface area contributed by atoms with Crippen molar-refractivity contribution in [2.45, 2.75) is 54.9 Å². The van der Waals surface area contributed by atoms with Crippen molar-refractivity contribution in [1.82, 2.24) is 4.72 Å². The summed E-state index contributed by atoms with van der Waals surface area (Å²) >= 11 is 1.60. The summed E-state index contributed by atoms with van der Waals surface area (Å²) in [7, 11) is -3.56. The molecule has 2 N–H and O–H groups in total. The van der Waals surface area contributed by atoms with Gasteiger partial charge in [0.1, 0.15) is 5.75 Å². The van der Waals surface area contributed by atoms with Crippen molar-refractivity contribution in [2.75, 3.05) is 18.2 Å². The van der Waals surface area contributed by atoms with Crippen LogP contribution in [0.2, 0.25) is 0 Å². The van der Waals surface area contributed by atoms with Gasteiger partial charge in [0.25, 0.3) is 5.91 Å². The van der Waals surface area contributed by atoms with E-state index in [0.717, 1.165) is 30.6 Å². The van der Waals surface area contributed by atoms with Gasteiger partial charge in [-0.25, -0.2) is 13.1 Å². The molecule has 3 rings (SSSR count). The average molecular weight is 449 g/mol. The highest BCUT2D eigenvalue weighted by molar-refractivity contribution is 7.98. The van der Waals surface area contributed by atoms with Gasteiger partial charge in [0, 0.05) is 16.6 Å². The van der Waals surface area contributed by atoms with E-state index in [2.05, 4.69) is 10.0 Å². The minimum absolute atomic E-state index is 0.00768. The van der Waals surface area contributed by atoms with Crippen LogP contribution in [0.3, 0.4) is 0 Å². The number of sulfonamides is 1. The maximum Gasteiger partial charge on any atom is 0.262 e. The molecule has 1 aliphatic carbocycles. The smallest absolute Gasteiger partial charge is 0.262 e. The topological polar surface area (TPSA) is 84.5 Å². The standard InChI is InChI=1S/C22H28N2O4S2/c1-16-13-20(30(26,27)24-17-7-4-3-5-8-17)11-12-21(16)28-15-22(25)23-18-9-6-10-19(14-18)29-2/h6,9-14,17,24H,3-5,7-8,15H2,1-2H3,(H,23,25). The normalized spacial score (nSPS) is 15.0. The van der Waals surface area contributed by atoms with E-state index < -0.39 is 10.0 Å². The molecule has 0 radical (unpaired) electrons. The van der Waals surface area contributed by atoms with Crippen LogP contribution < -0.4 is 14.8 Å². The molecule has 8 heteroatoms. The van der Waals surface area contributed by atoms with Crippen LogP contribution in [0.25, 0.3) is 0 Å². The Morgan fingerprint density at radius 2 is 1.90 bits per heavy atom. The third-order valence-corrected chi connectivity index (χ3v) is 7.34. The molecule has 0 unspecified atom stereocenters. The highest BCUT2D eigenvalue weighted by Crippen LogP contribution is 2.24. The molecule has 0 aromatic heterocycles.